The lowest BCUT2D eigenvalue weighted by Gasteiger charge is -2.07. The molecule has 1 N–H and O–H groups in total. The van der Waals surface area contributed by atoms with E-state index in [0.717, 1.165) is 40.9 Å². The SMILES string of the molecule is CC(C)CCNc1ncnc2c1oc1ccccc12. The Kier molecular flexibility index (Phi) is 3.07. The molecule has 0 saturated heterocycles. The van der Waals surface area contributed by atoms with Crippen LogP contribution in [0.3, 0.4) is 0 Å². The van der Waals surface area contributed by atoms with Crippen molar-refractivity contribution in [3.05, 3.63) is 30.6 Å². The highest BCUT2D eigenvalue weighted by Gasteiger charge is 2.12. The quantitative estimate of drug-likeness (QED) is 0.769. The number of benzene rings is 1. The van der Waals surface area contributed by atoms with Crippen molar-refractivity contribution in [3.8, 4) is 0 Å². The van der Waals surface area contributed by atoms with Crippen LogP contribution in [0.25, 0.3) is 22.1 Å². The van der Waals surface area contributed by atoms with Gasteiger partial charge in [-0.05, 0) is 24.5 Å². The molecule has 0 aliphatic carbocycles. The number of furan rings is 1. The summed E-state index contributed by atoms with van der Waals surface area (Å²) in [5.74, 6) is 1.45. The van der Waals surface area contributed by atoms with Gasteiger partial charge in [-0.2, -0.15) is 0 Å². The maximum atomic E-state index is 5.85. The summed E-state index contributed by atoms with van der Waals surface area (Å²) in [6.45, 7) is 5.30. The van der Waals surface area contributed by atoms with Crippen molar-refractivity contribution in [1.29, 1.82) is 0 Å². The Balaban J connectivity index is 2.00. The lowest BCUT2D eigenvalue weighted by atomic mass is 10.1. The van der Waals surface area contributed by atoms with Crippen LogP contribution in [0.2, 0.25) is 0 Å². The van der Waals surface area contributed by atoms with Crippen molar-refractivity contribution in [2.24, 2.45) is 5.92 Å². The number of nitrogens with one attached hydrogen (secondary N) is 1. The largest absolute Gasteiger partial charge is 0.450 e. The van der Waals surface area contributed by atoms with Crippen molar-refractivity contribution in [3.63, 3.8) is 0 Å². The van der Waals surface area contributed by atoms with Crippen LogP contribution >= 0.6 is 0 Å². The van der Waals surface area contributed by atoms with Gasteiger partial charge in [0, 0.05) is 11.9 Å². The van der Waals surface area contributed by atoms with E-state index >= 15 is 0 Å². The minimum atomic E-state index is 0.667. The Morgan fingerprint density at radius 1 is 1.21 bits per heavy atom. The van der Waals surface area contributed by atoms with E-state index in [2.05, 4.69) is 29.1 Å². The second-order valence-electron chi connectivity index (χ2n) is 5.11. The first kappa shape index (κ1) is 12.0. The average molecular weight is 255 g/mol. The van der Waals surface area contributed by atoms with E-state index in [0.29, 0.717) is 5.92 Å². The first-order chi connectivity index (χ1) is 9.25. The lowest BCUT2D eigenvalue weighted by Crippen LogP contribution is -2.06. The van der Waals surface area contributed by atoms with Gasteiger partial charge < -0.3 is 9.73 Å². The average Bonchev–Trinajstić information content (AvgIpc) is 2.78. The molecule has 0 fully saturated rings. The molecule has 0 aliphatic heterocycles. The number of hydrogen-bond acceptors (Lipinski definition) is 4. The first-order valence-corrected chi connectivity index (χ1v) is 6.62. The second-order valence-corrected chi connectivity index (χ2v) is 5.11. The van der Waals surface area contributed by atoms with Crippen LogP contribution in [0.15, 0.2) is 35.0 Å². The fraction of sp³-hybridized carbons (Fsp3) is 0.333. The fourth-order valence-electron chi connectivity index (χ4n) is 2.13. The summed E-state index contributed by atoms with van der Waals surface area (Å²) in [5.41, 5.74) is 2.47. The zero-order chi connectivity index (χ0) is 13.2. The molecular formula is C15H17N3O. The lowest BCUT2D eigenvalue weighted by molar-refractivity contribution is 0.605. The summed E-state index contributed by atoms with van der Waals surface area (Å²) in [7, 11) is 0. The maximum Gasteiger partial charge on any atom is 0.196 e. The van der Waals surface area contributed by atoms with Crippen LogP contribution in [-0.2, 0) is 0 Å². The number of fused-ring (bicyclic) bond motifs is 3. The number of anilines is 1. The third-order valence-electron chi connectivity index (χ3n) is 3.17. The highest BCUT2D eigenvalue weighted by Crippen LogP contribution is 2.30. The van der Waals surface area contributed by atoms with E-state index < -0.39 is 0 Å². The molecule has 0 bridgehead atoms. The molecule has 0 aliphatic rings. The van der Waals surface area contributed by atoms with E-state index in [1.807, 2.05) is 24.3 Å². The molecule has 98 valence electrons. The molecule has 2 heterocycles. The second kappa shape index (κ2) is 4.88. The van der Waals surface area contributed by atoms with Gasteiger partial charge in [0.05, 0.1) is 0 Å². The van der Waals surface area contributed by atoms with Crippen LogP contribution in [0.5, 0.6) is 0 Å². The van der Waals surface area contributed by atoms with Gasteiger partial charge in [0.2, 0.25) is 0 Å². The van der Waals surface area contributed by atoms with Gasteiger partial charge in [0.25, 0.3) is 0 Å². The van der Waals surface area contributed by atoms with Crippen LogP contribution in [0, 0.1) is 5.92 Å². The Morgan fingerprint density at radius 2 is 2.05 bits per heavy atom. The van der Waals surface area contributed by atoms with Crippen molar-refractivity contribution >= 4 is 27.9 Å². The standard InChI is InChI=1S/C15H17N3O/c1-10(2)7-8-16-15-14-13(17-9-18-15)11-5-3-4-6-12(11)19-14/h3-6,9-10H,7-8H2,1-2H3,(H,16,17,18). The van der Waals surface area contributed by atoms with Gasteiger partial charge in [-0.1, -0.05) is 26.0 Å². The normalized spacial score (nSPS) is 11.5. The van der Waals surface area contributed by atoms with Gasteiger partial charge >= 0.3 is 0 Å². The van der Waals surface area contributed by atoms with Crippen LogP contribution in [0.4, 0.5) is 5.82 Å². The summed E-state index contributed by atoms with van der Waals surface area (Å²) in [4.78, 5) is 8.61. The highest BCUT2D eigenvalue weighted by atomic mass is 16.3. The molecule has 3 rings (SSSR count). The third-order valence-corrected chi connectivity index (χ3v) is 3.17. The molecule has 4 nitrogen and oxygen atoms in total. The molecule has 1 aromatic carbocycles. The van der Waals surface area contributed by atoms with Gasteiger partial charge in [-0.15, -0.1) is 0 Å². The topological polar surface area (TPSA) is 51.0 Å². The van der Waals surface area contributed by atoms with E-state index in [-0.39, 0.29) is 0 Å². The zero-order valence-corrected chi connectivity index (χ0v) is 11.2. The molecule has 4 heteroatoms. The number of hydrogen-bond donors (Lipinski definition) is 1. The minimum Gasteiger partial charge on any atom is -0.450 e. The van der Waals surface area contributed by atoms with Crippen molar-refractivity contribution in [1.82, 2.24) is 9.97 Å². The van der Waals surface area contributed by atoms with Crippen molar-refractivity contribution < 1.29 is 4.42 Å². The molecule has 0 radical (unpaired) electrons. The Hall–Kier alpha value is -2.10. The number of aromatic nitrogens is 2. The molecular weight excluding hydrogens is 238 g/mol. The summed E-state index contributed by atoms with van der Waals surface area (Å²) in [5, 5.41) is 4.37. The maximum absolute atomic E-state index is 5.85. The number of rotatable bonds is 4. The molecule has 2 aromatic heterocycles. The number of nitrogens with zero attached hydrogens (tertiary/aromatic N) is 2. The monoisotopic (exact) mass is 255 g/mol. The van der Waals surface area contributed by atoms with Crippen molar-refractivity contribution in [2.75, 3.05) is 11.9 Å². The molecule has 3 aromatic rings. The van der Waals surface area contributed by atoms with E-state index in [4.69, 9.17) is 4.42 Å². The number of para-hydroxylation sites is 1. The molecule has 0 saturated carbocycles. The molecule has 0 unspecified atom stereocenters. The summed E-state index contributed by atoms with van der Waals surface area (Å²) >= 11 is 0. The van der Waals surface area contributed by atoms with Gasteiger partial charge in [0.1, 0.15) is 17.4 Å². The summed E-state index contributed by atoms with van der Waals surface area (Å²) in [6, 6.07) is 7.93. The summed E-state index contributed by atoms with van der Waals surface area (Å²) < 4.78 is 5.85. The van der Waals surface area contributed by atoms with Crippen molar-refractivity contribution in [2.45, 2.75) is 20.3 Å². The van der Waals surface area contributed by atoms with E-state index in [9.17, 15) is 0 Å². The molecule has 0 amide bonds. The van der Waals surface area contributed by atoms with E-state index in [1.165, 1.54) is 0 Å². The molecule has 0 atom stereocenters. The van der Waals surface area contributed by atoms with Gasteiger partial charge in [0.15, 0.2) is 11.4 Å². The van der Waals surface area contributed by atoms with E-state index in [1.54, 1.807) is 6.33 Å². The Bertz CT molecular complexity index is 703. The highest BCUT2D eigenvalue weighted by molar-refractivity contribution is 6.05. The summed E-state index contributed by atoms with van der Waals surface area (Å²) in [6.07, 6.45) is 2.69. The third kappa shape index (κ3) is 2.26. The predicted octanol–water partition coefficient (Wildman–Crippen LogP) is 3.83. The van der Waals surface area contributed by atoms with Crippen LogP contribution < -0.4 is 5.32 Å². The molecule has 0 spiro atoms. The fourth-order valence-corrected chi connectivity index (χ4v) is 2.13. The van der Waals surface area contributed by atoms with Gasteiger partial charge in [-0.25, -0.2) is 9.97 Å². The van der Waals surface area contributed by atoms with Crippen LogP contribution in [0.1, 0.15) is 20.3 Å². The predicted molar refractivity (Wildman–Crippen MR) is 77.3 cm³/mol. The van der Waals surface area contributed by atoms with Gasteiger partial charge in [-0.3, -0.25) is 0 Å². The Morgan fingerprint density at radius 3 is 2.89 bits per heavy atom. The molecule has 19 heavy (non-hydrogen) atoms. The Labute approximate surface area is 111 Å². The smallest absolute Gasteiger partial charge is 0.196 e. The minimum absolute atomic E-state index is 0.667. The first-order valence-electron chi connectivity index (χ1n) is 6.62. The van der Waals surface area contributed by atoms with Crippen LogP contribution in [-0.4, -0.2) is 16.5 Å². The zero-order valence-electron chi connectivity index (χ0n) is 11.2.